The molecule has 172 valence electrons. The highest BCUT2D eigenvalue weighted by Gasteiger charge is 2.34. The molecule has 3 heterocycles. The normalized spacial score (nSPS) is 22.1. The summed E-state index contributed by atoms with van der Waals surface area (Å²) in [6.07, 6.45) is 7.00. The first-order chi connectivity index (χ1) is 15.5. The minimum Gasteiger partial charge on any atom is -0.497 e. The Morgan fingerprint density at radius 3 is 2.53 bits per heavy atom. The minimum atomic E-state index is 0.0879. The van der Waals surface area contributed by atoms with E-state index in [9.17, 15) is 9.59 Å². The van der Waals surface area contributed by atoms with Crippen LogP contribution in [-0.2, 0) is 11.2 Å². The number of aromatic nitrogens is 2. The highest BCUT2D eigenvalue weighted by atomic mass is 16.5. The molecule has 0 aliphatic carbocycles. The summed E-state index contributed by atoms with van der Waals surface area (Å²) in [4.78, 5) is 30.1. The number of hydrogen-bond acceptors (Lipinski definition) is 4. The van der Waals surface area contributed by atoms with Crippen LogP contribution in [0.15, 0.2) is 30.5 Å². The third-order valence-electron chi connectivity index (χ3n) is 7.07. The van der Waals surface area contributed by atoms with Gasteiger partial charge < -0.3 is 14.5 Å². The number of rotatable bonds is 5. The first-order valence-electron chi connectivity index (χ1n) is 11.7. The molecule has 32 heavy (non-hydrogen) atoms. The SMILES string of the molecule is COc1cccc(CC(=O)N2CCC(c3[nH]ncc3C(=O)N3[C@H](C)CCC[C@H]3C)CC2)c1. The fraction of sp³-hybridized carbons (Fsp3) is 0.560. The van der Waals surface area contributed by atoms with Crippen molar-refractivity contribution in [2.24, 2.45) is 0 Å². The van der Waals surface area contributed by atoms with Crippen LogP contribution in [0.2, 0.25) is 0 Å². The van der Waals surface area contributed by atoms with E-state index in [4.69, 9.17) is 4.74 Å². The predicted octanol–water partition coefficient (Wildman–Crippen LogP) is 3.77. The average Bonchev–Trinajstić information content (AvgIpc) is 3.29. The lowest BCUT2D eigenvalue weighted by Crippen LogP contribution is -2.47. The Morgan fingerprint density at radius 1 is 1.12 bits per heavy atom. The van der Waals surface area contributed by atoms with Gasteiger partial charge in [0.15, 0.2) is 0 Å². The van der Waals surface area contributed by atoms with Gasteiger partial charge in [-0.1, -0.05) is 12.1 Å². The third kappa shape index (κ3) is 4.66. The highest BCUT2D eigenvalue weighted by molar-refractivity contribution is 5.95. The van der Waals surface area contributed by atoms with Crippen molar-refractivity contribution in [1.82, 2.24) is 20.0 Å². The van der Waals surface area contributed by atoms with Crippen LogP contribution in [-0.4, -0.2) is 64.1 Å². The molecule has 0 spiro atoms. The molecule has 2 amide bonds. The van der Waals surface area contributed by atoms with Gasteiger partial charge in [-0.15, -0.1) is 0 Å². The molecule has 0 unspecified atom stereocenters. The second-order valence-electron chi connectivity index (χ2n) is 9.22. The lowest BCUT2D eigenvalue weighted by atomic mass is 9.90. The number of piperidine rings is 2. The van der Waals surface area contributed by atoms with E-state index in [1.165, 1.54) is 6.42 Å². The van der Waals surface area contributed by atoms with Crippen LogP contribution in [0.4, 0.5) is 0 Å². The van der Waals surface area contributed by atoms with Crippen molar-refractivity contribution in [2.45, 2.75) is 70.4 Å². The number of H-pyrrole nitrogens is 1. The Hall–Kier alpha value is -2.83. The van der Waals surface area contributed by atoms with E-state index in [0.29, 0.717) is 25.1 Å². The molecule has 1 aromatic heterocycles. The Kier molecular flexibility index (Phi) is 6.82. The molecule has 7 heteroatoms. The molecule has 2 saturated heterocycles. The van der Waals surface area contributed by atoms with E-state index in [-0.39, 0.29) is 29.8 Å². The summed E-state index contributed by atoms with van der Waals surface area (Å²) in [5, 5.41) is 7.33. The highest BCUT2D eigenvalue weighted by Crippen LogP contribution is 2.32. The second-order valence-corrected chi connectivity index (χ2v) is 9.22. The molecule has 2 aromatic rings. The van der Waals surface area contributed by atoms with Crippen LogP contribution in [0.5, 0.6) is 5.75 Å². The van der Waals surface area contributed by atoms with Gasteiger partial charge in [-0.25, -0.2) is 0 Å². The summed E-state index contributed by atoms with van der Waals surface area (Å²) in [6, 6.07) is 8.17. The number of methoxy groups -OCH3 is 1. The van der Waals surface area contributed by atoms with E-state index >= 15 is 0 Å². The van der Waals surface area contributed by atoms with Crippen LogP contribution in [0.3, 0.4) is 0 Å². The summed E-state index contributed by atoms with van der Waals surface area (Å²) >= 11 is 0. The van der Waals surface area contributed by atoms with Crippen LogP contribution in [0, 0.1) is 0 Å². The number of likely N-dealkylation sites (tertiary alicyclic amines) is 2. The van der Waals surface area contributed by atoms with Crippen LogP contribution >= 0.6 is 0 Å². The van der Waals surface area contributed by atoms with Gasteiger partial charge in [-0.05, 0) is 63.6 Å². The molecule has 2 aliphatic heterocycles. The number of nitrogens with one attached hydrogen (secondary N) is 1. The van der Waals surface area contributed by atoms with Gasteiger partial charge in [0.05, 0.1) is 31.0 Å². The monoisotopic (exact) mass is 438 g/mol. The Morgan fingerprint density at radius 2 is 1.84 bits per heavy atom. The molecular formula is C25H34N4O3. The van der Waals surface area contributed by atoms with Gasteiger partial charge in [-0.2, -0.15) is 5.10 Å². The zero-order valence-corrected chi connectivity index (χ0v) is 19.3. The lowest BCUT2D eigenvalue weighted by Gasteiger charge is -2.39. The van der Waals surface area contributed by atoms with Gasteiger partial charge in [0.25, 0.3) is 5.91 Å². The first-order valence-corrected chi connectivity index (χ1v) is 11.7. The largest absolute Gasteiger partial charge is 0.497 e. The quantitative estimate of drug-likeness (QED) is 0.771. The smallest absolute Gasteiger partial charge is 0.257 e. The number of carbonyl (C=O) groups excluding carboxylic acids is 2. The average molecular weight is 439 g/mol. The summed E-state index contributed by atoms with van der Waals surface area (Å²) < 4.78 is 5.26. The number of carbonyl (C=O) groups is 2. The summed E-state index contributed by atoms with van der Waals surface area (Å²) in [6.45, 7) is 5.66. The number of nitrogens with zero attached hydrogens (tertiary/aromatic N) is 3. The molecule has 2 aliphatic rings. The number of amides is 2. The number of aromatic amines is 1. The van der Waals surface area contributed by atoms with Crippen molar-refractivity contribution in [3.63, 3.8) is 0 Å². The molecule has 2 fully saturated rings. The number of ether oxygens (including phenoxy) is 1. The van der Waals surface area contributed by atoms with Gasteiger partial charge >= 0.3 is 0 Å². The molecule has 0 radical (unpaired) electrons. The predicted molar refractivity (Wildman–Crippen MR) is 123 cm³/mol. The van der Waals surface area contributed by atoms with Gasteiger partial charge in [-0.3, -0.25) is 14.7 Å². The van der Waals surface area contributed by atoms with Gasteiger partial charge in [0, 0.05) is 31.1 Å². The van der Waals surface area contributed by atoms with E-state index < -0.39 is 0 Å². The van der Waals surface area contributed by atoms with Crippen molar-refractivity contribution < 1.29 is 14.3 Å². The van der Waals surface area contributed by atoms with Crippen LogP contribution < -0.4 is 4.74 Å². The van der Waals surface area contributed by atoms with E-state index in [1.807, 2.05) is 34.1 Å². The molecule has 1 N–H and O–H groups in total. The fourth-order valence-electron chi connectivity index (χ4n) is 5.22. The van der Waals surface area contributed by atoms with E-state index in [1.54, 1.807) is 13.3 Å². The standard InChI is InChI=1S/C25H34N4O3/c1-17-6-4-7-18(2)29(17)25(31)22-16-26-27-24(22)20-10-12-28(13-11-20)23(30)15-19-8-5-9-21(14-19)32-3/h5,8-9,14,16-18,20H,4,6-7,10-13,15H2,1-3H3,(H,26,27)/t17-,18-/m1/s1. The Balaban J connectivity index is 1.38. The van der Waals surface area contributed by atoms with Crippen molar-refractivity contribution in [2.75, 3.05) is 20.2 Å². The second kappa shape index (κ2) is 9.76. The molecule has 0 bridgehead atoms. The maximum absolute atomic E-state index is 13.4. The fourth-order valence-corrected chi connectivity index (χ4v) is 5.22. The zero-order chi connectivity index (χ0) is 22.7. The first kappa shape index (κ1) is 22.4. The zero-order valence-electron chi connectivity index (χ0n) is 19.3. The van der Waals surface area contributed by atoms with Crippen molar-refractivity contribution in [1.29, 1.82) is 0 Å². The molecule has 0 saturated carbocycles. The van der Waals surface area contributed by atoms with Gasteiger partial charge in [0.2, 0.25) is 5.91 Å². The molecule has 4 rings (SSSR count). The number of benzene rings is 1. The minimum absolute atomic E-state index is 0.0879. The Bertz CT molecular complexity index is 938. The molecule has 2 atom stereocenters. The van der Waals surface area contributed by atoms with E-state index in [0.717, 1.165) is 42.7 Å². The van der Waals surface area contributed by atoms with Crippen molar-refractivity contribution >= 4 is 11.8 Å². The van der Waals surface area contributed by atoms with Crippen LogP contribution in [0.1, 0.15) is 73.5 Å². The maximum atomic E-state index is 13.4. The van der Waals surface area contributed by atoms with Crippen molar-refractivity contribution in [3.8, 4) is 5.75 Å². The Labute approximate surface area is 190 Å². The van der Waals surface area contributed by atoms with Crippen LogP contribution in [0.25, 0.3) is 0 Å². The maximum Gasteiger partial charge on any atom is 0.257 e. The number of hydrogen-bond donors (Lipinski definition) is 1. The summed E-state index contributed by atoms with van der Waals surface area (Å²) in [7, 11) is 1.63. The topological polar surface area (TPSA) is 78.5 Å². The molecular weight excluding hydrogens is 404 g/mol. The third-order valence-corrected chi connectivity index (χ3v) is 7.07. The summed E-state index contributed by atoms with van der Waals surface area (Å²) in [5.41, 5.74) is 2.59. The van der Waals surface area contributed by atoms with Gasteiger partial charge in [0.1, 0.15) is 5.75 Å². The van der Waals surface area contributed by atoms with Crippen molar-refractivity contribution in [3.05, 3.63) is 47.3 Å². The molecule has 7 nitrogen and oxygen atoms in total. The summed E-state index contributed by atoms with van der Waals surface area (Å²) in [5.74, 6) is 1.20. The van der Waals surface area contributed by atoms with E-state index in [2.05, 4.69) is 24.0 Å². The molecule has 1 aromatic carbocycles. The lowest BCUT2D eigenvalue weighted by molar-refractivity contribution is -0.131.